The van der Waals surface area contributed by atoms with Crippen molar-refractivity contribution in [2.45, 2.75) is 51.0 Å². The van der Waals surface area contributed by atoms with Gasteiger partial charge >= 0.3 is 5.97 Å². The number of esters is 1. The minimum Gasteiger partial charge on any atom is -0.506 e. The van der Waals surface area contributed by atoms with Crippen molar-refractivity contribution < 1.29 is 19.1 Å². The zero-order valence-electron chi connectivity index (χ0n) is 17.5. The third-order valence-corrected chi connectivity index (χ3v) is 9.79. The fourth-order valence-electron chi connectivity index (χ4n) is 2.62. The molecule has 0 aliphatic rings. The summed E-state index contributed by atoms with van der Waals surface area (Å²) in [6.07, 6.45) is -0.854. The van der Waals surface area contributed by atoms with Crippen LogP contribution in [0, 0.1) is 0 Å². The van der Waals surface area contributed by atoms with Crippen LogP contribution in [0.2, 0.25) is 18.1 Å². The van der Waals surface area contributed by atoms with E-state index in [-0.39, 0.29) is 10.8 Å². The minimum absolute atomic E-state index is 0.0740. The van der Waals surface area contributed by atoms with Crippen LogP contribution in [0.1, 0.15) is 32.4 Å². The van der Waals surface area contributed by atoms with E-state index in [2.05, 4.69) is 39.2 Å². The Kier molecular flexibility index (Phi) is 6.90. The number of benzene rings is 2. The average Bonchev–Trinajstić information content (AvgIpc) is 2.65. The third-order valence-electron chi connectivity index (χ3n) is 5.34. The molecule has 28 heavy (non-hydrogen) atoms. The maximum absolute atomic E-state index is 12.8. The predicted octanol–water partition coefficient (Wildman–Crippen LogP) is 5.11. The summed E-state index contributed by atoms with van der Waals surface area (Å²) in [5.74, 6) is -0.332. The number of anilines is 1. The van der Waals surface area contributed by atoms with Gasteiger partial charge in [0, 0.05) is 0 Å². The Labute approximate surface area is 168 Å². The van der Waals surface area contributed by atoms with Crippen LogP contribution >= 0.6 is 0 Å². The Morgan fingerprint density at radius 1 is 1.04 bits per heavy atom. The number of hydrogen-bond acceptors (Lipinski definition) is 5. The Morgan fingerprint density at radius 2 is 1.61 bits per heavy atom. The first kappa shape index (κ1) is 22.0. The number of para-hydroxylation sites is 2. The summed E-state index contributed by atoms with van der Waals surface area (Å²) in [5, 5.41) is 13.5. The fourth-order valence-corrected chi connectivity index (χ4v) is 3.84. The predicted molar refractivity (Wildman–Crippen MR) is 115 cm³/mol. The molecule has 0 spiro atoms. The van der Waals surface area contributed by atoms with Crippen LogP contribution in [0.3, 0.4) is 0 Å². The highest BCUT2D eigenvalue weighted by atomic mass is 28.4. The van der Waals surface area contributed by atoms with Gasteiger partial charge in [0.25, 0.3) is 0 Å². The smallest absolute Gasteiger partial charge is 0.336 e. The van der Waals surface area contributed by atoms with Crippen molar-refractivity contribution in [2.75, 3.05) is 12.4 Å². The Hall–Kier alpha value is -2.31. The molecule has 2 aromatic rings. The largest absolute Gasteiger partial charge is 0.506 e. The molecule has 2 atom stereocenters. The van der Waals surface area contributed by atoms with Gasteiger partial charge in [-0.2, -0.15) is 0 Å². The lowest BCUT2D eigenvalue weighted by molar-refractivity contribution is -0.150. The number of phenols is 1. The first-order chi connectivity index (χ1) is 13.1. The first-order valence-electron chi connectivity index (χ1n) is 9.42. The summed E-state index contributed by atoms with van der Waals surface area (Å²) < 4.78 is 11.6. The van der Waals surface area contributed by atoms with Crippen LogP contribution in [0.4, 0.5) is 5.69 Å². The van der Waals surface area contributed by atoms with E-state index >= 15 is 0 Å². The summed E-state index contributed by atoms with van der Waals surface area (Å²) in [4.78, 5) is 12.8. The highest BCUT2D eigenvalue weighted by Gasteiger charge is 2.44. The molecular formula is C22H31NO4Si. The molecule has 2 aromatic carbocycles. The van der Waals surface area contributed by atoms with Gasteiger partial charge in [-0.25, -0.2) is 4.79 Å². The zero-order chi connectivity index (χ0) is 20.9. The summed E-state index contributed by atoms with van der Waals surface area (Å²) in [6.45, 7) is 10.6. The van der Waals surface area contributed by atoms with Crippen molar-refractivity contribution in [3.05, 3.63) is 60.2 Å². The number of hydrogen-bond donors (Lipinski definition) is 2. The summed E-state index contributed by atoms with van der Waals surface area (Å²) in [7, 11) is -0.909. The maximum atomic E-state index is 12.8. The molecule has 0 bridgehead atoms. The number of phenolic OH excluding ortho intramolecular Hbond substituents is 1. The lowest BCUT2D eigenvalue weighted by Crippen LogP contribution is -2.49. The fraction of sp³-hybridized carbons (Fsp3) is 0.409. The monoisotopic (exact) mass is 401 g/mol. The maximum Gasteiger partial charge on any atom is 0.336 e. The van der Waals surface area contributed by atoms with Crippen LogP contribution in [-0.4, -0.2) is 32.6 Å². The van der Waals surface area contributed by atoms with E-state index in [9.17, 15) is 9.90 Å². The van der Waals surface area contributed by atoms with E-state index < -0.39 is 26.4 Å². The molecule has 2 rings (SSSR count). The standard InChI is InChI=1S/C22H31NO4Si/c1-22(2,3)28(5,6)27-20(21(25)26-4)19(16-12-8-7-9-13-16)23-17-14-10-11-15-18(17)24/h7-15,19-20,23-24H,1-6H3/t19-,20+/m1/s1. The Morgan fingerprint density at radius 3 is 2.14 bits per heavy atom. The molecule has 0 fully saturated rings. The lowest BCUT2D eigenvalue weighted by Gasteiger charge is -2.40. The lowest BCUT2D eigenvalue weighted by atomic mass is 10.0. The molecule has 0 aliphatic heterocycles. The number of rotatable bonds is 7. The molecule has 0 saturated heterocycles. The SMILES string of the molecule is COC(=O)[C@@H](O[Si](C)(C)C(C)(C)C)[C@H](Nc1ccccc1O)c1ccccc1. The minimum atomic E-state index is -2.28. The van der Waals surface area contributed by atoms with Crippen LogP contribution in [0.15, 0.2) is 54.6 Å². The van der Waals surface area contributed by atoms with Crippen molar-refractivity contribution in [3.63, 3.8) is 0 Å². The zero-order valence-corrected chi connectivity index (χ0v) is 18.5. The molecule has 2 N–H and O–H groups in total. The van der Waals surface area contributed by atoms with E-state index in [0.29, 0.717) is 5.69 Å². The van der Waals surface area contributed by atoms with Crippen LogP contribution in [0.5, 0.6) is 5.75 Å². The summed E-state index contributed by atoms with van der Waals surface area (Å²) in [5.41, 5.74) is 1.41. The molecule has 0 amide bonds. The second-order valence-corrected chi connectivity index (χ2v) is 13.1. The molecule has 5 nitrogen and oxygen atoms in total. The van der Waals surface area contributed by atoms with Crippen molar-refractivity contribution >= 4 is 20.0 Å². The number of methoxy groups -OCH3 is 1. The number of nitrogens with one attached hydrogen (secondary N) is 1. The molecule has 6 heteroatoms. The number of carbonyl (C=O) groups excluding carboxylic acids is 1. The van der Waals surface area contributed by atoms with Gasteiger partial charge < -0.3 is 19.6 Å². The average molecular weight is 402 g/mol. The van der Waals surface area contributed by atoms with Gasteiger partial charge in [-0.1, -0.05) is 63.2 Å². The second-order valence-electron chi connectivity index (χ2n) is 8.37. The highest BCUT2D eigenvalue weighted by Crippen LogP contribution is 2.40. The van der Waals surface area contributed by atoms with Gasteiger partial charge in [0.1, 0.15) is 5.75 Å². The van der Waals surface area contributed by atoms with Crippen molar-refractivity contribution in [2.24, 2.45) is 0 Å². The van der Waals surface area contributed by atoms with Crippen molar-refractivity contribution in [1.82, 2.24) is 0 Å². The molecule has 0 unspecified atom stereocenters. The summed E-state index contributed by atoms with van der Waals surface area (Å²) >= 11 is 0. The van der Waals surface area contributed by atoms with E-state index in [1.807, 2.05) is 36.4 Å². The van der Waals surface area contributed by atoms with Gasteiger partial charge in [0.05, 0.1) is 18.8 Å². The van der Waals surface area contributed by atoms with Gasteiger partial charge in [-0.15, -0.1) is 0 Å². The molecule has 0 aromatic heterocycles. The molecule has 152 valence electrons. The first-order valence-corrected chi connectivity index (χ1v) is 12.3. The number of carbonyl (C=O) groups is 1. The molecule has 0 heterocycles. The topological polar surface area (TPSA) is 67.8 Å². The van der Waals surface area contributed by atoms with E-state index in [1.54, 1.807) is 18.2 Å². The normalized spacial score (nSPS) is 14.2. The number of aromatic hydroxyl groups is 1. The van der Waals surface area contributed by atoms with E-state index in [1.165, 1.54) is 7.11 Å². The van der Waals surface area contributed by atoms with Crippen LogP contribution in [0.25, 0.3) is 0 Å². The van der Waals surface area contributed by atoms with E-state index in [0.717, 1.165) is 5.56 Å². The molecular weight excluding hydrogens is 370 g/mol. The van der Waals surface area contributed by atoms with E-state index in [4.69, 9.17) is 9.16 Å². The molecule has 0 radical (unpaired) electrons. The van der Waals surface area contributed by atoms with Crippen LogP contribution < -0.4 is 5.32 Å². The molecule has 0 aliphatic carbocycles. The Balaban J connectivity index is 2.50. The van der Waals surface area contributed by atoms with Crippen LogP contribution in [-0.2, 0) is 14.0 Å². The number of ether oxygens (including phenoxy) is 1. The van der Waals surface area contributed by atoms with Crippen molar-refractivity contribution in [1.29, 1.82) is 0 Å². The van der Waals surface area contributed by atoms with Crippen molar-refractivity contribution in [3.8, 4) is 5.75 Å². The quantitative estimate of drug-likeness (QED) is 0.383. The highest BCUT2D eigenvalue weighted by molar-refractivity contribution is 6.74. The second kappa shape index (κ2) is 8.79. The molecule has 0 saturated carbocycles. The Bertz CT molecular complexity index is 787. The van der Waals surface area contributed by atoms with Gasteiger partial charge in [0.15, 0.2) is 14.4 Å². The van der Waals surface area contributed by atoms with Gasteiger partial charge in [-0.3, -0.25) is 0 Å². The van der Waals surface area contributed by atoms with Gasteiger partial charge in [0.2, 0.25) is 0 Å². The summed E-state index contributed by atoms with van der Waals surface area (Å²) in [6, 6.07) is 16.0. The third kappa shape index (κ3) is 5.14. The van der Waals surface area contributed by atoms with Gasteiger partial charge in [-0.05, 0) is 35.8 Å².